The van der Waals surface area contributed by atoms with E-state index < -0.39 is 0 Å². The molecular weight excluding hydrogens is 276 g/mol. The van der Waals surface area contributed by atoms with Crippen molar-refractivity contribution in [3.05, 3.63) is 46.9 Å². The van der Waals surface area contributed by atoms with Gasteiger partial charge >= 0.3 is 0 Å². The molecule has 1 saturated carbocycles. The molecule has 1 heterocycles. The standard InChI is InChI=1S/C17H20N4O/c1-10-6-11(2)16(12(3)7-10)21-15-8-14(18-9-19-15)17(22)20-13-4-5-13/h6-9,13H,4-5H2,1-3H3,(H,20,22)(H,18,19,21). The normalized spacial score (nSPS) is 13.8. The second kappa shape index (κ2) is 5.75. The van der Waals surface area contributed by atoms with Crippen LogP contribution in [0.4, 0.5) is 11.5 Å². The van der Waals surface area contributed by atoms with Crippen LogP contribution in [-0.2, 0) is 0 Å². The van der Waals surface area contributed by atoms with Crippen molar-refractivity contribution in [2.24, 2.45) is 0 Å². The number of nitrogens with one attached hydrogen (secondary N) is 2. The summed E-state index contributed by atoms with van der Waals surface area (Å²) in [6.07, 6.45) is 3.54. The molecule has 22 heavy (non-hydrogen) atoms. The number of nitrogens with zero attached hydrogens (tertiary/aromatic N) is 2. The highest BCUT2D eigenvalue weighted by Gasteiger charge is 2.24. The number of amides is 1. The molecule has 1 aromatic heterocycles. The number of hydrogen-bond donors (Lipinski definition) is 2. The first-order chi connectivity index (χ1) is 10.5. The molecule has 0 radical (unpaired) electrons. The van der Waals surface area contributed by atoms with E-state index in [0.717, 1.165) is 29.7 Å². The molecule has 0 saturated heterocycles. The van der Waals surface area contributed by atoms with Crippen LogP contribution in [0.15, 0.2) is 24.5 Å². The maximum Gasteiger partial charge on any atom is 0.270 e. The molecule has 1 aromatic carbocycles. The summed E-state index contributed by atoms with van der Waals surface area (Å²) < 4.78 is 0. The molecule has 0 spiro atoms. The molecule has 114 valence electrons. The van der Waals surface area contributed by atoms with Crippen molar-refractivity contribution in [3.63, 3.8) is 0 Å². The Balaban J connectivity index is 1.82. The number of anilines is 2. The van der Waals surface area contributed by atoms with Crippen molar-refractivity contribution >= 4 is 17.4 Å². The summed E-state index contributed by atoms with van der Waals surface area (Å²) in [5, 5.41) is 6.24. The molecule has 3 rings (SSSR count). The predicted octanol–water partition coefficient (Wildman–Crippen LogP) is 3.04. The van der Waals surface area contributed by atoms with Gasteiger partial charge in [-0.25, -0.2) is 9.97 Å². The zero-order valence-electron chi connectivity index (χ0n) is 13.1. The Kier molecular flexibility index (Phi) is 3.79. The Bertz CT molecular complexity index is 699. The van der Waals surface area contributed by atoms with Crippen molar-refractivity contribution in [1.29, 1.82) is 0 Å². The Morgan fingerprint density at radius 1 is 1.09 bits per heavy atom. The zero-order valence-corrected chi connectivity index (χ0v) is 13.1. The highest BCUT2D eigenvalue weighted by molar-refractivity contribution is 5.93. The number of aryl methyl sites for hydroxylation is 3. The van der Waals surface area contributed by atoms with Crippen LogP contribution < -0.4 is 10.6 Å². The lowest BCUT2D eigenvalue weighted by Gasteiger charge is -2.13. The lowest BCUT2D eigenvalue weighted by Crippen LogP contribution is -2.26. The van der Waals surface area contributed by atoms with E-state index in [1.165, 1.54) is 11.9 Å². The van der Waals surface area contributed by atoms with Gasteiger partial charge in [-0.2, -0.15) is 0 Å². The topological polar surface area (TPSA) is 66.9 Å². The maximum absolute atomic E-state index is 12.0. The molecule has 1 aliphatic rings. The van der Waals surface area contributed by atoms with Gasteiger partial charge in [0.05, 0.1) is 0 Å². The quantitative estimate of drug-likeness (QED) is 0.910. The summed E-state index contributed by atoms with van der Waals surface area (Å²) >= 11 is 0. The van der Waals surface area contributed by atoms with E-state index in [4.69, 9.17) is 0 Å². The van der Waals surface area contributed by atoms with Crippen molar-refractivity contribution < 1.29 is 4.79 Å². The highest BCUT2D eigenvalue weighted by Crippen LogP contribution is 2.25. The molecular formula is C17H20N4O. The minimum atomic E-state index is -0.134. The molecule has 0 aliphatic heterocycles. The maximum atomic E-state index is 12.0. The van der Waals surface area contributed by atoms with Gasteiger partial charge in [0.1, 0.15) is 17.8 Å². The Labute approximate surface area is 130 Å². The van der Waals surface area contributed by atoms with Crippen LogP contribution in [0.1, 0.15) is 40.0 Å². The van der Waals surface area contributed by atoms with E-state index in [-0.39, 0.29) is 5.91 Å². The number of rotatable bonds is 4. The van der Waals surface area contributed by atoms with E-state index in [1.54, 1.807) is 6.07 Å². The Morgan fingerprint density at radius 3 is 2.41 bits per heavy atom. The molecule has 0 atom stereocenters. The van der Waals surface area contributed by atoms with Crippen molar-refractivity contribution in [3.8, 4) is 0 Å². The first kappa shape index (κ1) is 14.5. The minimum Gasteiger partial charge on any atom is -0.348 e. The molecule has 1 fully saturated rings. The average Bonchev–Trinajstić information content (AvgIpc) is 3.27. The second-order valence-electron chi connectivity index (χ2n) is 5.93. The first-order valence-electron chi connectivity index (χ1n) is 7.50. The SMILES string of the molecule is Cc1cc(C)c(Nc2cc(C(=O)NC3CC3)ncn2)c(C)c1. The van der Waals surface area contributed by atoms with Gasteiger partial charge in [-0.15, -0.1) is 0 Å². The average molecular weight is 296 g/mol. The third-order valence-electron chi connectivity index (χ3n) is 3.74. The largest absolute Gasteiger partial charge is 0.348 e. The van der Waals surface area contributed by atoms with E-state index in [2.05, 4.69) is 53.5 Å². The second-order valence-corrected chi connectivity index (χ2v) is 5.93. The van der Waals surface area contributed by atoms with Crippen LogP contribution in [0.3, 0.4) is 0 Å². The van der Waals surface area contributed by atoms with Crippen LogP contribution >= 0.6 is 0 Å². The Hall–Kier alpha value is -2.43. The molecule has 0 unspecified atom stereocenters. The van der Waals surface area contributed by atoms with Crippen LogP contribution in [0.2, 0.25) is 0 Å². The Morgan fingerprint density at radius 2 is 1.77 bits per heavy atom. The van der Waals surface area contributed by atoms with Crippen molar-refractivity contribution in [2.45, 2.75) is 39.7 Å². The van der Waals surface area contributed by atoms with Gasteiger partial charge in [0.25, 0.3) is 5.91 Å². The summed E-state index contributed by atoms with van der Waals surface area (Å²) in [6.45, 7) is 6.20. The molecule has 1 aliphatic carbocycles. The van der Waals surface area contributed by atoms with E-state index in [1.807, 2.05) is 0 Å². The first-order valence-corrected chi connectivity index (χ1v) is 7.50. The van der Waals surface area contributed by atoms with E-state index in [0.29, 0.717) is 17.6 Å². The van der Waals surface area contributed by atoms with Gasteiger partial charge in [-0.1, -0.05) is 17.7 Å². The smallest absolute Gasteiger partial charge is 0.270 e. The summed E-state index contributed by atoms with van der Waals surface area (Å²) in [7, 11) is 0. The lowest BCUT2D eigenvalue weighted by molar-refractivity contribution is 0.0946. The number of carbonyl (C=O) groups excluding carboxylic acids is 1. The monoisotopic (exact) mass is 296 g/mol. The van der Waals surface area contributed by atoms with Gasteiger partial charge in [-0.05, 0) is 44.7 Å². The molecule has 5 nitrogen and oxygen atoms in total. The fourth-order valence-corrected chi connectivity index (χ4v) is 2.54. The van der Waals surface area contributed by atoms with E-state index >= 15 is 0 Å². The number of hydrogen-bond acceptors (Lipinski definition) is 4. The third kappa shape index (κ3) is 3.24. The minimum absolute atomic E-state index is 0.134. The number of benzene rings is 1. The summed E-state index contributed by atoms with van der Waals surface area (Å²) in [4.78, 5) is 20.3. The van der Waals surface area contributed by atoms with Gasteiger partial charge in [0, 0.05) is 17.8 Å². The van der Waals surface area contributed by atoms with Gasteiger partial charge in [0.15, 0.2) is 0 Å². The van der Waals surface area contributed by atoms with Crippen LogP contribution in [0.25, 0.3) is 0 Å². The van der Waals surface area contributed by atoms with Crippen LogP contribution in [-0.4, -0.2) is 21.9 Å². The lowest BCUT2D eigenvalue weighted by atomic mass is 10.1. The molecule has 5 heteroatoms. The van der Waals surface area contributed by atoms with Crippen LogP contribution in [0.5, 0.6) is 0 Å². The number of carbonyl (C=O) groups is 1. The molecule has 2 N–H and O–H groups in total. The van der Waals surface area contributed by atoms with Gasteiger partial charge < -0.3 is 10.6 Å². The molecule has 1 amide bonds. The summed E-state index contributed by atoms with van der Waals surface area (Å²) in [6, 6.07) is 6.26. The molecule has 2 aromatic rings. The molecule has 0 bridgehead atoms. The zero-order chi connectivity index (χ0) is 15.7. The number of aromatic nitrogens is 2. The van der Waals surface area contributed by atoms with Gasteiger partial charge in [-0.3, -0.25) is 4.79 Å². The fraction of sp³-hybridized carbons (Fsp3) is 0.353. The predicted molar refractivity (Wildman–Crippen MR) is 86.5 cm³/mol. The van der Waals surface area contributed by atoms with Crippen LogP contribution in [0, 0.1) is 20.8 Å². The van der Waals surface area contributed by atoms with Crippen molar-refractivity contribution in [2.75, 3.05) is 5.32 Å². The summed E-state index contributed by atoms with van der Waals surface area (Å²) in [5.74, 6) is 0.497. The van der Waals surface area contributed by atoms with E-state index in [9.17, 15) is 4.79 Å². The summed E-state index contributed by atoms with van der Waals surface area (Å²) in [5.41, 5.74) is 4.96. The fourth-order valence-electron chi connectivity index (χ4n) is 2.54. The van der Waals surface area contributed by atoms with Gasteiger partial charge in [0.2, 0.25) is 0 Å². The van der Waals surface area contributed by atoms with Crippen molar-refractivity contribution in [1.82, 2.24) is 15.3 Å². The highest BCUT2D eigenvalue weighted by atomic mass is 16.2. The third-order valence-corrected chi connectivity index (χ3v) is 3.74.